The Labute approximate surface area is 108 Å². The van der Waals surface area contributed by atoms with Crippen LogP contribution in [0.4, 0.5) is 0 Å². The van der Waals surface area contributed by atoms with Crippen molar-refractivity contribution in [2.75, 3.05) is 26.2 Å². The quantitative estimate of drug-likeness (QED) is 0.756. The van der Waals surface area contributed by atoms with E-state index in [1.165, 1.54) is 48.8 Å². The van der Waals surface area contributed by atoms with E-state index in [0.717, 1.165) is 19.5 Å². The first-order valence-electron chi connectivity index (χ1n) is 6.75. The van der Waals surface area contributed by atoms with E-state index >= 15 is 0 Å². The standard InChI is InChI=1S/C13H23N3S/c1-2-13-15-11-12(17-13)10-14-6-5-9-16-7-3-4-8-16/h11,14H,2-10H2,1H3. The molecule has 0 aliphatic carbocycles. The number of nitrogens with one attached hydrogen (secondary N) is 1. The molecule has 3 nitrogen and oxygen atoms in total. The van der Waals surface area contributed by atoms with Crippen molar-refractivity contribution in [3.63, 3.8) is 0 Å². The van der Waals surface area contributed by atoms with Gasteiger partial charge in [-0.15, -0.1) is 11.3 Å². The highest BCUT2D eigenvalue weighted by Gasteiger charge is 2.09. The molecule has 2 heterocycles. The molecule has 0 atom stereocenters. The fourth-order valence-electron chi connectivity index (χ4n) is 2.24. The van der Waals surface area contributed by atoms with Gasteiger partial charge in [0.15, 0.2) is 0 Å². The van der Waals surface area contributed by atoms with Gasteiger partial charge in [0.25, 0.3) is 0 Å². The van der Waals surface area contributed by atoms with Crippen LogP contribution in [0, 0.1) is 0 Å². The van der Waals surface area contributed by atoms with Crippen molar-refractivity contribution >= 4 is 11.3 Å². The molecule has 2 rings (SSSR count). The molecule has 4 heteroatoms. The van der Waals surface area contributed by atoms with Crippen LogP contribution in [0.1, 0.15) is 36.1 Å². The average Bonchev–Trinajstić information content (AvgIpc) is 2.99. The van der Waals surface area contributed by atoms with Gasteiger partial charge >= 0.3 is 0 Å². The Morgan fingerprint density at radius 1 is 1.41 bits per heavy atom. The summed E-state index contributed by atoms with van der Waals surface area (Å²) >= 11 is 1.83. The van der Waals surface area contributed by atoms with Crippen molar-refractivity contribution in [1.29, 1.82) is 0 Å². The molecule has 0 bridgehead atoms. The SMILES string of the molecule is CCc1ncc(CNCCCN2CCCC2)s1. The number of hydrogen-bond acceptors (Lipinski definition) is 4. The first-order valence-corrected chi connectivity index (χ1v) is 7.57. The summed E-state index contributed by atoms with van der Waals surface area (Å²) in [6.07, 6.45) is 7.12. The van der Waals surface area contributed by atoms with Gasteiger partial charge in [0.1, 0.15) is 0 Å². The second-order valence-corrected chi connectivity index (χ2v) is 5.85. The summed E-state index contributed by atoms with van der Waals surface area (Å²) in [6, 6.07) is 0. The number of aryl methyl sites for hydroxylation is 1. The summed E-state index contributed by atoms with van der Waals surface area (Å²) in [5.41, 5.74) is 0. The maximum absolute atomic E-state index is 4.37. The summed E-state index contributed by atoms with van der Waals surface area (Å²) in [4.78, 5) is 8.30. The maximum atomic E-state index is 4.37. The van der Waals surface area contributed by atoms with Gasteiger partial charge in [-0.2, -0.15) is 0 Å². The fourth-order valence-corrected chi connectivity index (χ4v) is 3.07. The molecule has 1 aromatic heterocycles. The van der Waals surface area contributed by atoms with Crippen LogP contribution in [-0.2, 0) is 13.0 Å². The zero-order chi connectivity index (χ0) is 11.9. The van der Waals surface area contributed by atoms with Crippen LogP contribution in [0.5, 0.6) is 0 Å². The Morgan fingerprint density at radius 3 is 2.94 bits per heavy atom. The molecular formula is C13H23N3S. The number of likely N-dealkylation sites (tertiary alicyclic amines) is 1. The second kappa shape index (κ2) is 7.09. The lowest BCUT2D eigenvalue weighted by molar-refractivity contribution is 0.331. The first kappa shape index (κ1) is 13.0. The summed E-state index contributed by atoms with van der Waals surface area (Å²) < 4.78 is 0. The normalized spacial score (nSPS) is 16.8. The lowest BCUT2D eigenvalue weighted by atomic mass is 10.4. The molecule has 1 aliphatic heterocycles. The van der Waals surface area contributed by atoms with Crippen LogP contribution in [0.3, 0.4) is 0 Å². The first-order chi connectivity index (χ1) is 8.38. The number of rotatable bonds is 7. The van der Waals surface area contributed by atoms with Crippen LogP contribution >= 0.6 is 11.3 Å². The molecule has 1 N–H and O–H groups in total. The largest absolute Gasteiger partial charge is 0.312 e. The Morgan fingerprint density at radius 2 is 2.24 bits per heavy atom. The smallest absolute Gasteiger partial charge is 0.0925 e. The van der Waals surface area contributed by atoms with Gasteiger partial charge in [-0.1, -0.05) is 6.92 Å². The number of nitrogens with zero attached hydrogens (tertiary/aromatic N) is 2. The van der Waals surface area contributed by atoms with Crippen LogP contribution in [0.15, 0.2) is 6.20 Å². The van der Waals surface area contributed by atoms with Gasteiger partial charge in [0, 0.05) is 17.6 Å². The van der Waals surface area contributed by atoms with E-state index in [9.17, 15) is 0 Å². The van der Waals surface area contributed by atoms with Gasteiger partial charge in [-0.25, -0.2) is 4.98 Å². The van der Waals surface area contributed by atoms with Crippen molar-refractivity contribution in [2.24, 2.45) is 0 Å². The second-order valence-electron chi connectivity index (χ2n) is 4.65. The highest BCUT2D eigenvalue weighted by Crippen LogP contribution is 2.12. The van der Waals surface area contributed by atoms with Gasteiger partial charge in [-0.3, -0.25) is 0 Å². The highest BCUT2D eigenvalue weighted by molar-refractivity contribution is 7.11. The van der Waals surface area contributed by atoms with Crippen molar-refractivity contribution < 1.29 is 0 Å². The predicted molar refractivity (Wildman–Crippen MR) is 73.5 cm³/mol. The Kier molecular flexibility index (Phi) is 5.42. The molecule has 0 amide bonds. The minimum atomic E-state index is 0.984. The van der Waals surface area contributed by atoms with Crippen molar-refractivity contribution in [3.05, 3.63) is 16.1 Å². The van der Waals surface area contributed by atoms with E-state index in [1.807, 2.05) is 17.5 Å². The van der Waals surface area contributed by atoms with Crippen LogP contribution in [0.2, 0.25) is 0 Å². The molecule has 0 aromatic carbocycles. The molecule has 96 valence electrons. The zero-order valence-electron chi connectivity index (χ0n) is 10.7. The number of aromatic nitrogens is 1. The highest BCUT2D eigenvalue weighted by atomic mass is 32.1. The molecule has 0 saturated carbocycles. The number of thiazole rings is 1. The average molecular weight is 253 g/mol. The van der Waals surface area contributed by atoms with E-state index in [0.29, 0.717) is 0 Å². The molecule has 0 spiro atoms. The maximum Gasteiger partial charge on any atom is 0.0925 e. The Balaban J connectivity index is 1.53. The third kappa shape index (κ3) is 4.37. The minimum absolute atomic E-state index is 0.984. The fraction of sp³-hybridized carbons (Fsp3) is 0.769. The lowest BCUT2D eigenvalue weighted by Gasteiger charge is -2.13. The van der Waals surface area contributed by atoms with Crippen molar-refractivity contribution in [2.45, 2.75) is 39.2 Å². The van der Waals surface area contributed by atoms with E-state index in [4.69, 9.17) is 0 Å². The van der Waals surface area contributed by atoms with Gasteiger partial charge in [-0.05, 0) is 51.9 Å². The molecule has 0 radical (unpaired) electrons. The molecule has 0 unspecified atom stereocenters. The van der Waals surface area contributed by atoms with Gasteiger partial charge in [0.05, 0.1) is 5.01 Å². The third-order valence-electron chi connectivity index (χ3n) is 3.23. The molecule has 1 fully saturated rings. The molecular weight excluding hydrogens is 230 g/mol. The summed E-state index contributed by atoms with van der Waals surface area (Å²) in [6.45, 7) is 8.15. The minimum Gasteiger partial charge on any atom is -0.312 e. The third-order valence-corrected chi connectivity index (χ3v) is 4.37. The van der Waals surface area contributed by atoms with Gasteiger partial charge in [0.2, 0.25) is 0 Å². The Hall–Kier alpha value is -0.450. The van der Waals surface area contributed by atoms with E-state index in [1.54, 1.807) is 0 Å². The van der Waals surface area contributed by atoms with Crippen LogP contribution < -0.4 is 5.32 Å². The van der Waals surface area contributed by atoms with Crippen molar-refractivity contribution in [3.8, 4) is 0 Å². The molecule has 1 saturated heterocycles. The molecule has 1 aromatic rings. The Bertz CT molecular complexity index is 318. The topological polar surface area (TPSA) is 28.2 Å². The summed E-state index contributed by atoms with van der Waals surface area (Å²) in [5, 5.41) is 4.76. The van der Waals surface area contributed by atoms with E-state index in [-0.39, 0.29) is 0 Å². The predicted octanol–water partition coefficient (Wildman–Crippen LogP) is 2.28. The lowest BCUT2D eigenvalue weighted by Crippen LogP contribution is -2.24. The summed E-state index contributed by atoms with van der Waals surface area (Å²) in [7, 11) is 0. The zero-order valence-corrected chi connectivity index (χ0v) is 11.6. The summed E-state index contributed by atoms with van der Waals surface area (Å²) in [5.74, 6) is 0. The van der Waals surface area contributed by atoms with Crippen LogP contribution in [0.25, 0.3) is 0 Å². The monoisotopic (exact) mass is 253 g/mol. The van der Waals surface area contributed by atoms with E-state index in [2.05, 4.69) is 22.1 Å². The number of hydrogen-bond donors (Lipinski definition) is 1. The van der Waals surface area contributed by atoms with Crippen LogP contribution in [-0.4, -0.2) is 36.1 Å². The van der Waals surface area contributed by atoms with Gasteiger partial charge < -0.3 is 10.2 Å². The van der Waals surface area contributed by atoms with Crippen molar-refractivity contribution in [1.82, 2.24) is 15.2 Å². The molecule has 17 heavy (non-hydrogen) atoms. The van der Waals surface area contributed by atoms with E-state index < -0.39 is 0 Å². The molecule has 1 aliphatic rings.